The van der Waals surface area contributed by atoms with Gasteiger partial charge in [0.1, 0.15) is 0 Å². The average Bonchev–Trinajstić information content (AvgIpc) is 2.98. The van der Waals surface area contributed by atoms with Crippen LogP contribution in [0.3, 0.4) is 0 Å². The summed E-state index contributed by atoms with van der Waals surface area (Å²) in [6.45, 7) is 6.66. The Kier molecular flexibility index (Phi) is 5.90. The van der Waals surface area contributed by atoms with Gasteiger partial charge in [-0.25, -0.2) is 0 Å². The van der Waals surface area contributed by atoms with Gasteiger partial charge in [-0.3, -0.25) is 0 Å². The molecule has 0 spiro atoms. The van der Waals surface area contributed by atoms with Crippen molar-refractivity contribution >= 4 is 5.69 Å². The number of nitrogens with zero attached hydrogens (tertiary/aromatic N) is 1. The molecule has 1 N–H and O–H groups in total. The molecule has 1 aromatic carbocycles. The lowest BCUT2D eigenvalue weighted by molar-refractivity contribution is 0.361. The van der Waals surface area contributed by atoms with Crippen molar-refractivity contribution in [2.24, 2.45) is 5.92 Å². The predicted octanol–water partition coefficient (Wildman–Crippen LogP) is 3.99. The number of likely N-dealkylation sites (N-methyl/N-ethyl adjacent to an activating group) is 1. The van der Waals surface area contributed by atoms with Crippen molar-refractivity contribution in [3.63, 3.8) is 0 Å². The first kappa shape index (κ1) is 15.4. The van der Waals surface area contributed by atoms with Gasteiger partial charge in [-0.2, -0.15) is 0 Å². The molecule has 1 saturated carbocycles. The average molecular weight is 274 g/mol. The quantitative estimate of drug-likeness (QED) is 0.809. The Morgan fingerprint density at radius 3 is 2.45 bits per heavy atom. The highest BCUT2D eigenvalue weighted by Crippen LogP contribution is 2.28. The Hall–Kier alpha value is -1.02. The fourth-order valence-electron chi connectivity index (χ4n) is 3.27. The van der Waals surface area contributed by atoms with E-state index in [1.54, 1.807) is 0 Å². The highest BCUT2D eigenvalue weighted by atomic mass is 15.1. The van der Waals surface area contributed by atoms with E-state index >= 15 is 0 Å². The van der Waals surface area contributed by atoms with Crippen LogP contribution in [0.4, 0.5) is 5.69 Å². The smallest absolute Gasteiger partial charge is 0.0364 e. The van der Waals surface area contributed by atoms with Crippen LogP contribution < -0.4 is 10.2 Å². The Morgan fingerprint density at radius 1 is 1.20 bits per heavy atom. The second kappa shape index (κ2) is 7.68. The molecule has 20 heavy (non-hydrogen) atoms. The largest absolute Gasteiger partial charge is 0.373 e. The summed E-state index contributed by atoms with van der Waals surface area (Å²) in [4.78, 5) is 2.41. The predicted molar refractivity (Wildman–Crippen MR) is 88.5 cm³/mol. The van der Waals surface area contributed by atoms with Crippen LogP contribution in [0.1, 0.15) is 44.6 Å². The summed E-state index contributed by atoms with van der Waals surface area (Å²) in [7, 11) is 2.22. The first-order chi connectivity index (χ1) is 9.70. The molecule has 0 aromatic heterocycles. The van der Waals surface area contributed by atoms with E-state index < -0.39 is 0 Å². The minimum atomic E-state index is 0.642. The third-order valence-electron chi connectivity index (χ3n) is 4.57. The summed E-state index contributed by atoms with van der Waals surface area (Å²) in [6.07, 6.45) is 6.87. The maximum Gasteiger partial charge on any atom is 0.0364 e. The minimum Gasteiger partial charge on any atom is -0.373 e. The van der Waals surface area contributed by atoms with Gasteiger partial charge in [-0.15, -0.1) is 0 Å². The fraction of sp³-hybridized carbons (Fsp3) is 0.667. The summed E-state index contributed by atoms with van der Waals surface area (Å²) >= 11 is 0. The van der Waals surface area contributed by atoms with Crippen molar-refractivity contribution in [1.82, 2.24) is 5.32 Å². The maximum atomic E-state index is 3.78. The van der Waals surface area contributed by atoms with Crippen LogP contribution in [0.25, 0.3) is 0 Å². The molecule has 2 nitrogen and oxygen atoms in total. The highest BCUT2D eigenvalue weighted by molar-refractivity contribution is 5.46. The SMILES string of the molecule is CCCNC(CN(C)c1ccc(C)cc1)C1CCCC1. The van der Waals surface area contributed by atoms with Gasteiger partial charge in [0, 0.05) is 25.3 Å². The van der Waals surface area contributed by atoms with Crippen LogP contribution in [0.5, 0.6) is 0 Å². The summed E-state index contributed by atoms with van der Waals surface area (Å²) in [6, 6.07) is 9.52. The molecule has 1 aliphatic rings. The topological polar surface area (TPSA) is 15.3 Å². The monoisotopic (exact) mass is 274 g/mol. The van der Waals surface area contributed by atoms with E-state index in [0.29, 0.717) is 6.04 Å². The van der Waals surface area contributed by atoms with E-state index in [9.17, 15) is 0 Å². The zero-order valence-electron chi connectivity index (χ0n) is 13.4. The molecule has 0 aliphatic heterocycles. The maximum absolute atomic E-state index is 3.78. The van der Waals surface area contributed by atoms with E-state index in [2.05, 4.69) is 55.4 Å². The first-order valence-corrected chi connectivity index (χ1v) is 8.22. The molecule has 1 atom stereocenters. The van der Waals surface area contributed by atoms with Gasteiger partial charge in [0.05, 0.1) is 0 Å². The van der Waals surface area contributed by atoms with Crippen LogP contribution in [0.15, 0.2) is 24.3 Å². The van der Waals surface area contributed by atoms with Crippen molar-refractivity contribution in [2.75, 3.05) is 25.0 Å². The zero-order chi connectivity index (χ0) is 14.4. The molecule has 1 fully saturated rings. The van der Waals surface area contributed by atoms with Crippen molar-refractivity contribution in [1.29, 1.82) is 0 Å². The number of anilines is 1. The number of nitrogens with one attached hydrogen (secondary N) is 1. The number of hydrogen-bond acceptors (Lipinski definition) is 2. The van der Waals surface area contributed by atoms with E-state index in [1.807, 2.05) is 0 Å². The summed E-state index contributed by atoms with van der Waals surface area (Å²) in [5.41, 5.74) is 2.66. The van der Waals surface area contributed by atoms with E-state index in [-0.39, 0.29) is 0 Å². The molecule has 0 radical (unpaired) electrons. The van der Waals surface area contributed by atoms with Crippen LogP contribution in [-0.2, 0) is 0 Å². The van der Waals surface area contributed by atoms with Crippen LogP contribution >= 0.6 is 0 Å². The van der Waals surface area contributed by atoms with Crippen molar-refractivity contribution in [3.8, 4) is 0 Å². The van der Waals surface area contributed by atoms with E-state index in [0.717, 1.165) is 19.0 Å². The van der Waals surface area contributed by atoms with Crippen LogP contribution in [-0.4, -0.2) is 26.2 Å². The summed E-state index contributed by atoms with van der Waals surface area (Å²) in [5.74, 6) is 0.870. The Bertz CT molecular complexity index is 379. The molecular weight excluding hydrogens is 244 g/mol. The molecule has 0 saturated heterocycles. The van der Waals surface area contributed by atoms with Gasteiger partial charge in [0.25, 0.3) is 0 Å². The first-order valence-electron chi connectivity index (χ1n) is 8.22. The standard InChI is InChI=1S/C18H30N2/c1-4-13-19-18(16-7-5-6-8-16)14-20(3)17-11-9-15(2)10-12-17/h9-12,16,18-19H,4-8,13-14H2,1-3H3. The Morgan fingerprint density at radius 2 is 1.85 bits per heavy atom. The summed E-state index contributed by atoms with van der Waals surface area (Å²) in [5, 5.41) is 3.78. The molecule has 1 aliphatic carbocycles. The third-order valence-corrected chi connectivity index (χ3v) is 4.57. The highest BCUT2D eigenvalue weighted by Gasteiger charge is 2.25. The van der Waals surface area contributed by atoms with Crippen molar-refractivity contribution in [3.05, 3.63) is 29.8 Å². The lowest BCUT2D eigenvalue weighted by Crippen LogP contribution is -2.44. The van der Waals surface area contributed by atoms with Gasteiger partial charge in [-0.1, -0.05) is 37.5 Å². The zero-order valence-corrected chi connectivity index (χ0v) is 13.4. The Labute approximate surface area is 124 Å². The second-order valence-electron chi connectivity index (χ2n) is 6.32. The Balaban J connectivity index is 1.96. The molecule has 0 amide bonds. The number of rotatable bonds is 7. The molecule has 112 valence electrons. The summed E-state index contributed by atoms with van der Waals surface area (Å²) < 4.78 is 0. The fourth-order valence-corrected chi connectivity index (χ4v) is 3.27. The second-order valence-corrected chi connectivity index (χ2v) is 6.32. The number of benzene rings is 1. The molecule has 1 unspecified atom stereocenters. The van der Waals surface area contributed by atoms with E-state index in [4.69, 9.17) is 0 Å². The van der Waals surface area contributed by atoms with Gasteiger partial charge in [0.15, 0.2) is 0 Å². The van der Waals surface area contributed by atoms with Gasteiger partial charge in [0.2, 0.25) is 0 Å². The van der Waals surface area contributed by atoms with Crippen LogP contribution in [0.2, 0.25) is 0 Å². The van der Waals surface area contributed by atoms with Crippen molar-refractivity contribution in [2.45, 2.75) is 52.0 Å². The molecule has 2 heteroatoms. The van der Waals surface area contributed by atoms with Gasteiger partial charge < -0.3 is 10.2 Å². The van der Waals surface area contributed by atoms with Crippen LogP contribution in [0, 0.1) is 12.8 Å². The molecular formula is C18H30N2. The number of hydrogen-bond donors (Lipinski definition) is 1. The lowest BCUT2D eigenvalue weighted by Gasteiger charge is -2.30. The molecule has 0 heterocycles. The lowest BCUT2D eigenvalue weighted by atomic mass is 9.97. The van der Waals surface area contributed by atoms with E-state index in [1.165, 1.54) is 43.4 Å². The number of aryl methyl sites for hydroxylation is 1. The van der Waals surface area contributed by atoms with Gasteiger partial charge >= 0.3 is 0 Å². The third kappa shape index (κ3) is 4.24. The molecule has 1 aromatic rings. The molecule has 2 rings (SSSR count). The van der Waals surface area contributed by atoms with Crippen molar-refractivity contribution < 1.29 is 0 Å². The minimum absolute atomic E-state index is 0.642. The molecule has 0 bridgehead atoms. The normalized spacial score (nSPS) is 17.4. The van der Waals surface area contributed by atoms with Gasteiger partial charge in [-0.05, 0) is 50.8 Å².